The lowest BCUT2D eigenvalue weighted by molar-refractivity contribution is 0.0948. The molecule has 1 aromatic rings. The van der Waals surface area contributed by atoms with Gasteiger partial charge in [-0.3, -0.25) is 4.79 Å². The predicted molar refractivity (Wildman–Crippen MR) is 76.2 cm³/mol. The normalized spacial score (nSPS) is 18.6. The van der Waals surface area contributed by atoms with Gasteiger partial charge in [-0.2, -0.15) is 11.8 Å². The molecule has 0 aromatic carbocycles. The SMILES string of the molecule is CCNc1ccc(C(=O)NCC2CCSC2)cn1. The average molecular weight is 265 g/mol. The molecule has 1 amide bonds. The number of carbonyl (C=O) groups is 1. The molecule has 0 saturated carbocycles. The van der Waals surface area contributed by atoms with Gasteiger partial charge in [-0.1, -0.05) is 0 Å². The molecule has 1 aromatic heterocycles. The van der Waals surface area contributed by atoms with Crippen LogP contribution in [0.15, 0.2) is 18.3 Å². The average Bonchev–Trinajstić information content (AvgIpc) is 2.90. The molecule has 98 valence electrons. The van der Waals surface area contributed by atoms with Crippen molar-refractivity contribution < 1.29 is 4.79 Å². The Hall–Kier alpha value is -1.23. The Morgan fingerprint density at radius 2 is 2.44 bits per heavy atom. The second-order valence-corrected chi connectivity index (χ2v) is 5.55. The molecule has 5 heteroatoms. The van der Waals surface area contributed by atoms with Crippen LogP contribution in [0.1, 0.15) is 23.7 Å². The van der Waals surface area contributed by atoms with Gasteiger partial charge < -0.3 is 10.6 Å². The monoisotopic (exact) mass is 265 g/mol. The molecule has 1 saturated heterocycles. The Morgan fingerprint density at radius 1 is 1.56 bits per heavy atom. The number of anilines is 1. The van der Waals surface area contributed by atoms with Gasteiger partial charge in [0.2, 0.25) is 0 Å². The van der Waals surface area contributed by atoms with E-state index in [1.54, 1.807) is 6.20 Å². The van der Waals surface area contributed by atoms with Gasteiger partial charge in [0, 0.05) is 19.3 Å². The Kier molecular flexibility index (Phi) is 4.87. The Bertz CT molecular complexity index is 388. The third kappa shape index (κ3) is 3.63. The van der Waals surface area contributed by atoms with E-state index in [9.17, 15) is 4.79 Å². The lowest BCUT2D eigenvalue weighted by Gasteiger charge is -2.10. The van der Waals surface area contributed by atoms with Crippen molar-refractivity contribution >= 4 is 23.5 Å². The van der Waals surface area contributed by atoms with Crippen LogP contribution in [0.25, 0.3) is 0 Å². The minimum atomic E-state index is -0.0255. The minimum absolute atomic E-state index is 0.0255. The van der Waals surface area contributed by atoms with Gasteiger partial charge in [-0.15, -0.1) is 0 Å². The lowest BCUT2D eigenvalue weighted by atomic mass is 10.1. The van der Waals surface area contributed by atoms with Crippen LogP contribution in [-0.4, -0.2) is 35.5 Å². The highest BCUT2D eigenvalue weighted by atomic mass is 32.2. The maximum atomic E-state index is 11.9. The number of carbonyl (C=O) groups excluding carboxylic acids is 1. The van der Waals surface area contributed by atoms with Gasteiger partial charge in [0.25, 0.3) is 5.91 Å². The van der Waals surface area contributed by atoms with Crippen LogP contribution < -0.4 is 10.6 Å². The molecule has 0 bridgehead atoms. The molecular weight excluding hydrogens is 246 g/mol. The smallest absolute Gasteiger partial charge is 0.252 e. The van der Waals surface area contributed by atoms with Crippen molar-refractivity contribution in [1.82, 2.24) is 10.3 Å². The number of nitrogens with zero attached hydrogens (tertiary/aromatic N) is 1. The third-order valence-corrected chi connectivity index (χ3v) is 4.19. The largest absolute Gasteiger partial charge is 0.370 e. The van der Waals surface area contributed by atoms with Crippen molar-refractivity contribution in [3.05, 3.63) is 23.9 Å². The number of aromatic nitrogens is 1. The van der Waals surface area contributed by atoms with E-state index in [0.29, 0.717) is 11.5 Å². The van der Waals surface area contributed by atoms with E-state index in [-0.39, 0.29) is 5.91 Å². The Labute approximate surface area is 112 Å². The van der Waals surface area contributed by atoms with Crippen LogP contribution in [-0.2, 0) is 0 Å². The summed E-state index contributed by atoms with van der Waals surface area (Å²) in [5.41, 5.74) is 0.627. The fraction of sp³-hybridized carbons (Fsp3) is 0.538. The summed E-state index contributed by atoms with van der Waals surface area (Å²) in [7, 11) is 0. The van der Waals surface area contributed by atoms with Crippen LogP contribution >= 0.6 is 11.8 Å². The zero-order valence-electron chi connectivity index (χ0n) is 10.6. The summed E-state index contributed by atoms with van der Waals surface area (Å²) in [6, 6.07) is 3.65. The van der Waals surface area contributed by atoms with Gasteiger partial charge in [0.15, 0.2) is 0 Å². The molecule has 2 rings (SSSR count). The molecule has 0 aliphatic carbocycles. The molecule has 1 unspecified atom stereocenters. The summed E-state index contributed by atoms with van der Waals surface area (Å²) in [5.74, 6) is 3.80. The number of hydrogen-bond donors (Lipinski definition) is 2. The summed E-state index contributed by atoms with van der Waals surface area (Å²) >= 11 is 1.97. The van der Waals surface area contributed by atoms with Crippen molar-refractivity contribution in [3.8, 4) is 0 Å². The van der Waals surface area contributed by atoms with Crippen LogP contribution in [0.5, 0.6) is 0 Å². The number of nitrogens with one attached hydrogen (secondary N) is 2. The van der Waals surface area contributed by atoms with Crippen molar-refractivity contribution in [2.45, 2.75) is 13.3 Å². The fourth-order valence-corrected chi connectivity index (χ4v) is 3.18. The minimum Gasteiger partial charge on any atom is -0.370 e. The first-order valence-electron chi connectivity index (χ1n) is 6.35. The lowest BCUT2D eigenvalue weighted by Crippen LogP contribution is -2.29. The summed E-state index contributed by atoms with van der Waals surface area (Å²) < 4.78 is 0. The van der Waals surface area contributed by atoms with Crippen LogP contribution in [0.4, 0.5) is 5.82 Å². The van der Waals surface area contributed by atoms with Crippen molar-refractivity contribution in [2.75, 3.05) is 29.9 Å². The standard InChI is InChI=1S/C13H19N3OS/c1-2-14-12-4-3-11(8-15-12)13(17)16-7-10-5-6-18-9-10/h3-4,8,10H,2,5-7,9H2,1H3,(H,14,15)(H,16,17). The maximum absolute atomic E-state index is 11.9. The fourth-order valence-electron chi connectivity index (χ4n) is 1.90. The van der Waals surface area contributed by atoms with Gasteiger partial charge >= 0.3 is 0 Å². The van der Waals surface area contributed by atoms with E-state index in [2.05, 4.69) is 15.6 Å². The molecule has 2 N–H and O–H groups in total. The van der Waals surface area contributed by atoms with E-state index in [1.807, 2.05) is 30.8 Å². The summed E-state index contributed by atoms with van der Waals surface area (Å²) in [4.78, 5) is 16.1. The first-order chi connectivity index (χ1) is 8.79. The van der Waals surface area contributed by atoms with Crippen LogP contribution in [0, 0.1) is 5.92 Å². The maximum Gasteiger partial charge on any atom is 0.252 e. The predicted octanol–water partition coefficient (Wildman–Crippen LogP) is 2.00. The quantitative estimate of drug-likeness (QED) is 0.855. The zero-order valence-corrected chi connectivity index (χ0v) is 11.4. The van der Waals surface area contributed by atoms with Crippen molar-refractivity contribution in [2.24, 2.45) is 5.92 Å². The Balaban J connectivity index is 1.83. The number of hydrogen-bond acceptors (Lipinski definition) is 4. The first kappa shape index (κ1) is 13.2. The van der Waals surface area contributed by atoms with Crippen molar-refractivity contribution in [1.29, 1.82) is 0 Å². The summed E-state index contributed by atoms with van der Waals surface area (Å²) in [6.07, 6.45) is 2.83. The number of rotatable bonds is 5. The van der Waals surface area contributed by atoms with Crippen LogP contribution in [0.3, 0.4) is 0 Å². The van der Waals surface area contributed by atoms with Gasteiger partial charge in [0.1, 0.15) is 5.82 Å². The third-order valence-electron chi connectivity index (χ3n) is 2.96. The van der Waals surface area contributed by atoms with E-state index in [1.165, 1.54) is 12.2 Å². The molecular formula is C13H19N3OS. The number of thioether (sulfide) groups is 1. The zero-order chi connectivity index (χ0) is 12.8. The summed E-state index contributed by atoms with van der Waals surface area (Å²) in [6.45, 7) is 3.63. The molecule has 1 aliphatic rings. The molecule has 0 spiro atoms. The number of amides is 1. The van der Waals surface area contributed by atoms with E-state index >= 15 is 0 Å². The topological polar surface area (TPSA) is 54.0 Å². The Morgan fingerprint density at radius 3 is 3.06 bits per heavy atom. The van der Waals surface area contributed by atoms with Gasteiger partial charge in [-0.25, -0.2) is 4.98 Å². The molecule has 18 heavy (non-hydrogen) atoms. The highest BCUT2D eigenvalue weighted by molar-refractivity contribution is 7.99. The van der Waals surface area contributed by atoms with E-state index in [0.717, 1.165) is 24.7 Å². The van der Waals surface area contributed by atoms with Gasteiger partial charge in [0.05, 0.1) is 5.56 Å². The van der Waals surface area contributed by atoms with E-state index < -0.39 is 0 Å². The number of pyridine rings is 1. The molecule has 1 atom stereocenters. The molecule has 1 fully saturated rings. The highest BCUT2D eigenvalue weighted by Gasteiger charge is 2.16. The van der Waals surface area contributed by atoms with Gasteiger partial charge in [-0.05, 0) is 42.9 Å². The molecule has 2 heterocycles. The van der Waals surface area contributed by atoms with Crippen LogP contribution in [0.2, 0.25) is 0 Å². The molecule has 1 aliphatic heterocycles. The second-order valence-electron chi connectivity index (χ2n) is 4.40. The van der Waals surface area contributed by atoms with Crippen molar-refractivity contribution in [3.63, 3.8) is 0 Å². The molecule has 0 radical (unpaired) electrons. The summed E-state index contributed by atoms with van der Waals surface area (Å²) in [5, 5.41) is 6.08. The molecule has 4 nitrogen and oxygen atoms in total. The van der Waals surface area contributed by atoms with E-state index in [4.69, 9.17) is 0 Å². The second kappa shape index (κ2) is 6.64. The first-order valence-corrected chi connectivity index (χ1v) is 7.51. The highest BCUT2D eigenvalue weighted by Crippen LogP contribution is 2.22.